The topological polar surface area (TPSA) is 101 Å². The Bertz CT molecular complexity index is 1900. The summed E-state index contributed by atoms with van der Waals surface area (Å²) in [5.74, 6) is 2.60. The first-order chi connectivity index (χ1) is 16.6. The number of H-pyrrole nitrogens is 1. The third-order valence-electron chi connectivity index (χ3n) is 6.21. The Morgan fingerprint density at radius 1 is 0.824 bits per heavy atom. The van der Waals surface area contributed by atoms with Crippen molar-refractivity contribution in [3.05, 3.63) is 66.0 Å². The molecule has 164 valence electrons. The van der Waals surface area contributed by atoms with Gasteiger partial charge in [0.25, 0.3) is 0 Å². The van der Waals surface area contributed by atoms with Gasteiger partial charge in [-0.1, -0.05) is 0 Å². The molecule has 9 nitrogen and oxygen atoms in total. The van der Waals surface area contributed by atoms with Gasteiger partial charge in [0.1, 0.15) is 45.3 Å². The van der Waals surface area contributed by atoms with E-state index in [9.17, 15) is 0 Å². The van der Waals surface area contributed by atoms with Gasteiger partial charge >= 0.3 is 7.12 Å². The minimum Gasteiger partial charge on any atom is -0.324 e. The highest BCUT2D eigenvalue weighted by molar-refractivity contribution is 6.47. The van der Waals surface area contributed by atoms with Crippen molar-refractivity contribution < 1.29 is 4.32 Å². The van der Waals surface area contributed by atoms with E-state index in [0.29, 0.717) is 44.8 Å². The fraction of sp³-hybridized carbons (Fsp3) is 0.0870. The number of hydrogen-bond donors (Lipinski definition) is 2. The van der Waals surface area contributed by atoms with Gasteiger partial charge in [-0.15, -0.1) is 0 Å². The predicted octanol–water partition coefficient (Wildman–Crippen LogP) is 3.69. The van der Waals surface area contributed by atoms with Crippen LogP contribution in [-0.2, 0) is 7.05 Å². The number of aromatic nitrogens is 6. The average Bonchev–Trinajstić information content (AvgIpc) is 3.45. The zero-order chi connectivity index (χ0) is 23.0. The van der Waals surface area contributed by atoms with E-state index in [1.807, 2.05) is 48.0 Å². The number of aromatic amines is 1. The second kappa shape index (κ2) is 6.73. The Balaban J connectivity index is 1.79. The Morgan fingerprint density at radius 3 is 2.26 bits per heavy atom. The summed E-state index contributed by atoms with van der Waals surface area (Å²) in [7, 11) is 0.516. The van der Waals surface area contributed by atoms with Crippen molar-refractivity contribution in [2.45, 2.75) is 6.82 Å². The molecule has 7 rings (SSSR count). The maximum atomic E-state index is 15.2. The van der Waals surface area contributed by atoms with Crippen molar-refractivity contribution in [2.24, 2.45) is 17.0 Å². The highest BCUT2D eigenvalue weighted by Crippen LogP contribution is 2.38. The summed E-state index contributed by atoms with van der Waals surface area (Å²) in [5.41, 5.74) is 2.87. The van der Waals surface area contributed by atoms with E-state index >= 15 is 4.32 Å². The molecule has 0 unspecified atom stereocenters. The first-order valence-electron chi connectivity index (χ1n) is 10.9. The molecule has 11 heteroatoms. The molecule has 0 aliphatic carbocycles. The maximum Gasteiger partial charge on any atom is 0.464 e. The lowest BCUT2D eigenvalue weighted by Gasteiger charge is -2.08. The largest absolute Gasteiger partial charge is 0.464 e. The van der Waals surface area contributed by atoms with Gasteiger partial charge in [-0.2, -0.15) is 0 Å². The first-order valence-corrected chi connectivity index (χ1v) is 10.9. The second-order valence-electron chi connectivity index (χ2n) is 8.22. The molecule has 0 saturated heterocycles. The maximum absolute atomic E-state index is 15.2. The van der Waals surface area contributed by atoms with Crippen LogP contribution in [0.4, 0.5) is 27.6 Å². The highest BCUT2D eigenvalue weighted by Gasteiger charge is 2.24. The molecule has 6 bridgehead atoms. The van der Waals surface area contributed by atoms with Crippen molar-refractivity contribution in [2.75, 3.05) is 5.32 Å². The van der Waals surface area contributed by atoms with Crippen LogP contribution in [0, 0.1) is 0 Å². The van der Waals surface area contributed by atoms with Gasteiger partial charge < -0.3 is 23.7 Å². The predicted molar refractivity (Wildman–Crippen MR) is 130 cm³/mol. The summed E-state index contributed by atoms with van der Waals surface area (Å²) < 4.78 is 18.6. The molecule has 6 aromatic heterocycles. The lowest BCUT2D eigenvalue weighted by atomic mass is 9.92. The summed E-state index contributed by atoms with van der Waals surface area (Å²) >= 11 is 0. The van der Waals surface area contributed by atoms with Crippen molar-refractivity contribution in [3.63, 3.8) is 0 Å². The van der Waals surface area contributed by atoms with Crippen LogP contribution in [0.5, 0.6) is 0 Å². The molecule has 0 radical (unpaired) electrons. The fourth-order valence-electron chi connectivity index (χ4n) is 4.71. The molecule has 6 aromatic rings. The molecule has 0 fully saturated rings. The van der Waals surface area contributed by atoms with E-state index in [1.165, 1.54) is 11.3 Å². The van der Waals surface area contributed by atoms with E-state index in [4.69, 9.17) is 9.98 Å². The van der Waals surface area contributed by atoms with Gasteiger partial charge in [-0.05, 0) is 43.2 Å². The number of halogens is 1. The summed E-state index contributed by atoms with van der Waals surface area (Å²) in [6, 6.07) is 11.3. The molecule has 0 amide bonds. The normalized spacial score (nSPS) is 12.7. The number of hydrogen-bond acceptors (Lipinski definition) is 6. The van der Waals surface area contributed by atoms with Gasteiger partial charge in [-0.25, -0.2) is 9.98 Å². The average molecular weight is 449 g/mol. The number of anilines is 2. The van der Waals surface area contributed by atoms with Gasteiger partial charge in [0.2, 0.25) is 0 Å². The molecule has 2 N–H and O–H groups in total. The zero-order valence-electron chi connectivity index (χ0n) is 18.3. The molecule has 0 aromatic carbocycles. The van der Waals surface area contributed by atoms with Crippen LogP contribution in [0.2, 0.25) is 6.82 Å². The Kier molecular flexibility index (Phi) is 3.76. The molecule has 1 aliphatic heterocycles. The van der Waals surface area contributed by atoms with Crippen molar-refractivity contribution in [3.8, 4) is 0 Å². The molecule has 7 heterocycles. The molecular formula is C23H17BFN9. The Morgan fingerprint density at radius 2 is 1.50 bits per heavy atom. The molecule has 1 aliphatic rings. The number of pyridine rings is 3. The van der Waals surface area contributed by atoms with Crippen LogP contribution < -0.4 is 16.3 Å². The summed E-state index contributed by atoms with van der Waals surface area (Å²) in [6.45, 7) is 1.47. The smallest absolute Gasteiger partial charge is 0.324 e. The molecule has 0 spiro atoms. The number of fused-ring (bicyclic) bond motifs is 15. The number of nitrogens with zero attached hydrogens (tertiary/aromatic N) is 7. The van der Waals surface area contributed by atoms with Crippen LogP contribution >= 0.6 is 0 Å². The fourth-order valence-corrected chi connectivity index (χ4v) is 4.71. The van der Waals surface area contributed by atoms with Crippen LogP contribution in [-0.4, -0.2) is 36.1 Å². The van der Waals surface area contributed by atoms with Gasteiger partial charge in [0, 0.05) is 41.8 Å². The number of nitrogens with one attached hydrogen (secondary N) is 2. The van der Waals surface area contributed by atoms with Gasteiger partial charge in [-0.3, -0.25) is 15.0 Å². The molecular weight excluding hydrogens is 432 g/mol. The second-order valence-corrected chi connectivity index (χ2v) is 8.22. The van der Waals surface area contributed by atoms with Crippen LogP contribution in [0.1, 0.15) is 0 Å². The first kappa shape index (κ1) is 19.0. The van der Waals surface area contributed by atoms with Crippen molar-refractivity contribution >= 4 is 63.1 Å². The van der Waals surface area contributed by atoms with Crippen LogP contribution in [0.25, 0.3) is 32.7 Å². The van der Waals surface area contributed by atoms with E-state index in [-0.39, 0.29) is 0 Å². The van der Waals surface area contributed by atoms with E-state index < -0.39 is 7.12 Å². The summed E-state index contributed by atoms with van der Waals surface area (Å²) in [4.78, 5) is 26.9. The van der Waals surface area contributed by atoms with E-state index in [2.05, 4.69) is 25.3 Å². The molecule has 0 saturated carbocycles. The Labute approximate surface area is 191 Å². The summed E-state index contributed by atoms with van der Waals surface area (Å²) in [5, 5.41) is 5.82. The summed E-state index contributed by atoms with van der Waals surface area (Å²) in [6.07, 6.45) is 5.15. The van der Waals surface area contributed by atoms with Crippen LogP contribution in [0.3, 0.4) is 0 Å². The third-order valence-corrected chi connectivity index (χ3v) is 6.21. The SMILES string of the molecule is CB(F)n1c2c3cccnc3c1=Nc1[nH]c(c3ncccc13)Nc1c3ncccc3c(n1C)N=2. The number of rotatable bonds is 1. The standard InChI is InChI=1S/C23H17BFN9/c1-24(25)34-21-14-8-5-11-28-17(14)23(34)30-18-12-6-3-9-26-15(12)19(29-18)31-22-16-13(7-4-10-27-16)20(32-21)33(22)2/h3-11,29,31H,1-2H3. The van der Waals surface area contributed by atoms with Crippen molar-refractivity contribution in [1.29, 1.82) is 0 Å². The molecule has 0 atom stereocenters. The molecule has 34 heavy (non-hydrogen) atoms. The van der Waals surface area contributed by atoms with E-state index in [1.54, 1.807) is 18.6 Å². The monoisotopic (exact) mass is 449 g/mol. The van der Waals surface area contributed by atoms with Gasteiger partial charge in [0.15, 0.2) is 5.49 Å². The minimum atomic E-state index is -1.39. The van der Waals surface area contributed by atoms with Crippen molar-refractivity contribution in [1.82, 2.24) is 29.0 Å². The zero-order valence-corrected chi connectivity index (χ0v) is 18.3. The third kappa shape index (κ3) is 2.46. The quantitative estimate of drug-likeness (QED) is 0.374. The lowest BCUT2D eigenvalue weighted by Crippen LogP contribution is -2.36. The lowest BCUT2D eigenvalue weighted by molar-refractivity contribution is 0.774. The Hall–Kier alpha value is -4.54. The van der Waals surface area contributed by atoms with Crippen LogP contribution in [0.15, 0.2) is 65.0 Å². The highest BCUT2D eigenvalue weighted by atomic mass is 19.1. The van der Waals surface area contributed by atoms with E-state index in [0.717, 1.165) is 22.1 Å². The van der Waals surface area contributed by atoms with Gasteiger partial charge in [0.05, 0.1) is 0 Å². The minimum absolute atomic E-state index is 0.389.